The Bertz CT molecular complexity index is 1470. The lowest BCUT2D eigenvalue weighted by atomic mass is 9.85. The lowest BCUT2D eigenvalue weighted by Gasteiger charge is -2.35. The molecule has 9 nitrogen and oxygen atoms in total. The van der Waals surface area contributed by atoms with E-state index in [-0.39, 0.29) is 31.8 Å². The second-order valence-electron chi connectivity index (χ2n) is 9.96. The number of hydrogen-bond donors (Lipinski definition) is 1. The molecule has 2 aromatic rings. The molecule has 5 rings (SSSR count). The first-order chi connectivity index (χ1) is 20.3. The van der Waals surface area contributed by atoms with Crippen LogP contribution in [0.5, 0.6) is 0 Å². The molecular weight excluding hydrogens is 602 g/mol. The number of nitrogens with zero attached hydrogens (tertiary/aromatic N) is 1. The number of pyridine rings is 1. The molecule has 42 heavy (non-hydrogen) atoms. The summed E-state index contributed by atoms with van der Waals surface area (Å²) in [6.45, 7) is 2.25. The van der Waals surface area contributed by atoms with E-state index in [4.69, 9.17) is 35.7 Å². The van der Waals surface area contributed by atoms with Crippen molar-refractivity contribution in [1.29, 1.82) is 0 Å². The van der Waals surface area contributed by atoms with Gasteiger partial charge in [-0.2, -0.15) is 0 Å². The van der Waals surface area contributed by atoms with Crippen LogP contribution in [0.25, 0.3) is 11.6 Å². The molecule has 3 aliphatic rings. The second kappa shape index (κ2) is 13.7. The normalized spacial score (nSPS) is 22.3. The van der Waals surface area contributed by atoms with E-state index in [0.717, 1.165) is 36.0 Å². The van der Waals surface area contributed by atoms with E-state index in [1.807, 2.05) is 18.2 Å². The fourth-order valence-electron chi connectivity index (χ4n) is 5.47. The molecule has 1 aliphatic carbocycles. The molecule has 12 heteroatoms. The van der Waals surface area contributed by atoms with Crippen LogP contribution in [0.3, 0.4) is 0 Å². The number of carbonyl (C=O) groups excluding carboxylic acids is 2. The number of allylic oxidation sites excluding steroid dienone is 3. The third-order valence-corrected chi connectivity index (χ3v) is 9.95. The number of carbonyl (C=O) groups is 2. The van der Waals surface area contributed by atoms with Crippen molar-refractivity contribution in [2.45, 2.75) is 57.1 Å². The zero-order valence-electron chi connectivity index (χ0n) is 23.1. The van der Waals surface area contributed by atoms with Gasteiger partial charge in [0, 0.05) is 17.1 Å². The average Bonchev–Trinajstić information content (AvgIpc) is 3.35. The van der Waals surface area contributed by atoms with Gasteiger partial charge in [0.05, 0.1) is 24.4 Å². The summed E-state index contributed by atoms with van der Waals surface area (Å²) in [5.41, 5.74) is 3.70. The van der Waals surface area contributed by atoms with Gasteiger partial charge in [0.25, 0.3) is 5.56 Å². The van der Waals surface area contributed by atoms with Gasteiger partial charge in [-0.3, -0.25) is 4.79 Å². The number of rotatable bonds is 10. The topological polar surface area (TPSA) is 113 Å². The zero-order valence-corrected chi connectivity index (χ0v) is 25.5. The first-order valence-electron chi connectivity index (χ1n) is 13.8. The van der Waals surface area contributed by atoms with E-state index in [1.54, 1.807) is 11.5 Å². The van der Waals surface area contributed by atoms with E-state index < -0.39 is 23.5 Å². The number of aromatic nitrogens is 1. The van der Waals surface area contributed by atoms with Crippen LogP contribution in [0, 0.1) is 0 Å². The van der Waals surface area contributed by atoms with Crippen molar-refractivity contribution in [2.75, 3.05) is 24.7 Å². The summed E-state index contributed by atoms with van der Waals surface area (Å²) in [6, 6.07) is 10.1. The van der Waals surface area contributed by atoms with Gasteiger partial charge < -0.3 is 28.6 Å². The first kappa shape index (κ1) is 30.7. The van der Waals surface area contributed by atoms with Crippen LogP contribution in [0.15, 0.2) is 46.8 Å². The molecule has 1 unspecified atom stereocenters. The largest absolute Gasteiger partial charge is 0.509 e. The van der Waals surface area contributed by atoms with Gasteiger partial charge in [0.2, 0.25) is 11.4 Å². The Balaban J connectivity index is 1.37. The number of esters is 1. The molecule has 1 aromatic carbocycles. The van der Waals surface area contributed by atoms with Gasteiger partial charge in [-0.15, -0.1) is 0 Å². The van der Waals surface area contributed by atoms with Crippen molar-refractivity contribution in [2.24, 2.45) is 0 Å². The standard InChI is InChI=1S/C30H32ClNO8S2/c1-2-30(40-29(36)38-12-14-42-41-13-11-37-28(31)35)24-16-25-22-10-6-5-8-19-7-3-4-9-20(19)15-21(22)17-32(25)26(33)23(24)18-39-27(30)34/h3-4,7,9-10,15-16,28,35H,2,5-6,8,11-14,17-18H2,1H3/b21-15-,22-10-/t28?,30-/m0/s1. The highest BCUT2D eigenvalue weighted by molar-refractivity contribution is 8.76. The number of aryl methyl sites for hydroxylation is 1. The summed E-state index contributed by atoms with van der Waals surface area (Å²) >= 11 is 5.31. The van der Waals surface area contributed by atoms with Gasteiger partial charge in [0.15, 0.2) is 0 Å². The molecule has 3 heterocycles. The molecule has 1 N–H and O–H groups in total. The average molecular weight is 634 g/mol. The highest BCUT2D eigenvalue weighted by Crippen LogP contribution is 2.42. The Kier molecular flexibility index (Phi) is 10.1. The summed E-state index contributed by atoms with van der Waals surface area (Å²) < 4.78 is 22.9. The molecule has 2 aliphatic heterocycles. The predicted octanol–water partition coefficient (Wildman–Crippen LogP) is 5.39. The van der Waals surface area contributed by atoms with Crippen LogP contribution in [-0.2, 0) is 48.9 Å². The Morgan fingerprint density at radius 2 is 2.00 bits per heavy atom. The van der Waals surface area contributed by atoms with Crippen molar-refractivity contribution in [3.8, 4) is 0 Å². The number of fused-ring (bicyclic) bond motifs is 5. The molecule has 0 fully saturated rings. The summed E-state index contributed by atoms with van der Waals surface area (Å²) in [5.74, 6) is -1.01. The van der Waals surface area contributed by atoms with E-state index in [9.17, 15) is 14.4 Å². The maximum absolute atomic E-state index is 13.8. The number of ether oxygens (including phenoxy) is 4. The number of cyclic esters (lactones) is 1. The third-order valence-electron chi connectivity index (χ3n) is 7.49. The minimum atomic E-state index is -1.79. The smallest absolute Gasteiger partial charge is 0.457 e. The summed E-state index contributed by atoms with van der Waals surface area (Å²) in [4.78, 5) is 39.8. The third kappa shape index (κ3) is 6.45. The van der Waals surface area contributed by atoms with Crippen LogP contribution in [0.1, 0.15) is 54.1 Å². The lowest BCUT2D eigenvalue weighted by molar-refractivity contribution is -0.175. The molecular formula is C30H32ClNO8S2. The zero-order chi connectivity index (χ0) is 29.7. The Morgan fingerprint density at radius 1 is 1.21 bits per heavy atom. The highest BCUT2D eigenvalue weighted by Gasteiger charge is 2.51. The van der Waals surface area contributed by atoms with Crippen molar-refractivity contribution in [3.63, 3.8) is 0 Å². The molecule has 0 spiro atoms. The van der Waals surface area contributed by atoms with Gasteiger partial charge in [-0.1, -0.05) is 70.5 Å². The maximum Gasteiger partial charge on any atom is 0.509 e. The number of alkyl halides is 1. The monoisotopic (exact) mass is 633 g/mol. The van der Waals surface area contributed by atoms with Gasteiger partial charge in [-0.25, -0.2) is 9.59 Å². The van der Waals surface area contributed by atoms with E-state index >= 15 is 0 Å². The van der Waals surface area contributed by atoms with Crippen LogP contribution in [0.2, 0.25) is 0 Å². The fourth-order valence-corrected chi connectivity index (χ4v) is 7.23. The van der Waals surface area contributed by atoms with E-state index in [2.05, 4.69) is 24.3 Å². The van der Waals surface area contributed by atoms with Crippen LogP contribution < -0.4 is 5.56 Å². The molecule has 1 aromatic heterocycles. The van der Waals surface area contributed by atoms with Crippen molar-refractivity contribution in [3.05, 3.63) is 80.3 Å². The van der Waals surface area contributed by atoms with Crippen LogP contribution in [0.4, 0.5) is 4.79 Å². The summed E-state index contributed by atoms with van der Waals surface area (Å²) in [6.07, 6.45) is 6.14. The Hall–Kier alpha value is -2.70. The number of aliphatic hydroxyl groups is 1. The molecule has 0 saturated carbocycles. The molecule has 0 bridgehead atoms. The Labute approximate surface area is 256 Å². The van der Waals surface area contributed by atoms with E-state index in [0.29, 0.717) is 34.9 Å². The van der Waals surface area contributed by atoms with Crippen molar-refractivity contribution < 1.29 is 33.6 Å². The molecule has 224 valence electrons. The number of hydrogen-bond acceptors (Lipinski definition) is 10. The van der Waals surface area contributed by atoms with Crippen molar-refractivity contribution >= 4 is 57.0 Å². The van der Waals surface area contributed by atoms with E-state index in [1.165, 1.54) is 27.2 Å². The summed E-state index contributed by atoms with van der Waals surface area (Å²) in [7, 11) is 2.91. The predicted molar refractivity (Wildman–Crippen MR) is 163 cm³/mol. The maximum atomic E-state index is 13.8. The van der Waals surface area contributed by atoms with Crippen LogP contribution in [-0.4, -0.2) is 52.3 Å². The molecule has 2 atom stereocenters. The fraction of sp³-hybridized carbons (Fsp3) is 0.433. The van der Waals surface area contributed by atoms with Gasteiger partial charge >= 0.3 is 12.1 Å². The minimum Gasteiger partial charge on any atom is -0.457 e. The lowest BCUT2D eigenvalue weighted by Crippen LogP contribution is -2.47. The minimum absolute atomic E-state index is 0.0482. The number of benzene rings is 1. The molecule has 0 amide bonds. The second-order valence-corrected chi connectivity index (χ2v) is 13.0. The van der Waals surface area contributed by atoms with Crippen molar-refractivity contribution in [1.82, 2.24) is 4.57 Å². The first-order valence-corrected chi connectivity index (χ1v) is 16.7. The van der Waals surface area contributed by atoms with Crippen LogP contribution >= 0.6 is 33.2 Å². The van der Waals surface area contributed by atoms with Gasteiger partial charge in [0.1, 0.15) is 13.2 Å². The number of aliphatic hydroxyl groups excluding tert-OH is 1. The quantitative estimate of drug-likeness (QED) is 0.120. The number of halogens is 1. The summed E-state index contributed by atoms with van der Waals surface area (Å²) in [5, 5.41) is 8.89. The molecule has 0 saturated heterocycles. The SMILES string of the molecule is CC[C@@]1(OC(=O)OCCSSCCOC(O)Cl)C(=O)OCc2c1cc1n(c2=O)CC2=C/c3ccccc3CCC\C=C\21. The Morgan fingerprint density at radius 3 is 2.79 bits per heavy atom. The highest BCUT2D eigenvalue weighted by atomic mass is 35.5. The van der Waals surface area contributed by atoms with Gasteiger partial charge in [-0.05, 0) is 60.1 Å². The molecule has 0 radical (unpaired) electrons.